The van der Waals surface area contributed by atoms with E-state index >= 15 is 0 Å². The Labute approximate surface area is 66.0 Å². The van der Waals surface area contributed by atoms with Crippen molar-refractivity contribution in [2.75, 3.05) is 13.2 Å². The Bertz CT molecular complexity index is 88.7. The molecule has 0 amide bonds. The third-order valence-electron chi connectivity index (χ3n) is 0.975. The van der Waals surface area contributed by atoms with Crippen molar-refractivity contribution in [3.8, 4) is 0 Å². The van der Waals surface area contributed by atoms with Gasteiger partial charge in [0.15, 0.2) is 0 Å². The summed E-state index contributed by atoms with van der Waals surface area (Å²) in [6.07, 6.45) is 0.589. The lowest BCUT2D eigenvalue weighted by atomic mass is 10.4. The molecule has 0 aromatic heterocycles. The van der Waals surface area contributed by atoms with Crippen molar-refractivity contribution in [1.82, 2.24) is 5.39 Å². The Morgan fingerprint density at radius 3 is 2.55 bits per heavy atom. The zero-order chi connectivity index (χ0) is 8.69. The summed E-state index contributed by atoms with van der Waals surface area (Å²) in [6.45, 7) is 4.68. The van der Waals surface area contributed by atoms with E-state index in [0.29, 0.717) is 13.2 Å². The molecule has 0 saturated carbocycles. The van der Waals surface area contributed by atoms with Gasteiger partial charge in [0.05, 0.1) is 12.0 Å². The molecule has 5 nitrogen and oxygen atoms in total. The van der Waals surface area contributed by atoms with E-state index in [1.54, 1.807) is 6.92 Å². The summed E-state index contributed by atoms with van der Waals surface area (Å²) < 4.78 is 5.07. The lowest BCUT2D eigenvalue weighted by Crippen LogP contribution is -2.25. The Hall–Kier alpha value is -0.200. The molecule has 5 heteroatoms. The maximum Gasteiger partial charge on any atom is 0.105 e. The summed E-state index contributed by atoms with van der Waals surface area (Å²) >= 11 is 0. The molecule has 0 aliphatic heterocycles. The number of hydrogen-bond donors (Lipinski definition) is 2. The minimum atomic E-state index is -0.350. The first kappa shape index (κ1) is 10.8. The molecule has 1 unspecified atom stereocenters. The molecule has 0 aromatic rings. The summed E-state index contributed by atoms with van der Waals surface area (Å²) in [5, 5.41) is 16.1. The van der Waals surface area contributed by atoms with Crippen LogP contribution in [0.25, 0.3) is 0 Å². The molecule has 2 N–H and O–H groups in total. The lowest BCUT2D eigenvalue weighted by molar-refractivity contribution is -0.504. The van der Waals surface area contributed by atoms with Crippen molar-refractivity contribution < 1.29 is 20.0 Å². The highest BCUT2D eigenvalue weighted by atomic mass is 17.1. The van der Waals surface area contributed by atoms with Crippen LogP contribution in [0.5, 0.6) is 0 Å². The average Bonchev–Trinajstić information content (AvgIpc) is 1.86. The Morgan fingerprint density at radius 2 is 2.09 bits per heavy atom. The van der Waals surface area contributed by atoms with Gasteiger partial charge in [0, 0.05) is 6.61 Å². The average molecular weight is 165 g/mol. The van der Waals surface area contributed by atoms with Crippen LogP contribution in [0, 0.1) is 0 Å². The van der Waals surface area contributed by atoms with E-state index in [1.807, 2.05) is 6.92 Å². The summed E-state index contributed by atoms with van der Waals surface area (Å²) in [7, 11) is 0. The molecule has 0 aliphatic rings. The first-order valence-corrected chi connectivity index (χ1v) is 3.59. The fourth-order valence-corrected chi connectivity index (χ4v) is 0.585. The third-order valence-corrected chi connectivity index (χ3v) is 0.975. The minimum absolute atomic E-state index is 0.306. The Kier molecular flexibility index (Phi) is 6.39. The van der Waals surface area contributed by atoms with E-state index in [0.717, 1.165) is 6.42 Å². The molecule has 0 heterocycles. The smallest absolute Gasteiger partial charge is 0.105 e. The van der Waals surface area contributed by atoms with Crippen LogP contribution in [0.2, 0.25) is 0 Å². The molecule has 1 atom stereocenters. The first-order chi connectivity index (χ1) is 5.16. The maximum atomic E-state index is 8.19. The summed E-state index contributed by atoms with van der Waals surface area (Å²) in [5.74, 6) is 0. The van der Waals surface area contributed by atoms with Gasteiger partial charge >= 0.3 is 0 Å². The van der Waals surface area contributed by atoms with Crippen molar-refractivity contribution in [3.05, 3.63) is 0 Å². The molecule has 0 fully saturated rings. The molecule has 0 spiro atoms. The number of ether oxygens (including phenoxy) is 1. The molecule has 0 rings (SSSR count). The Morgan fingerprint density at radius 1 is 1.45 bits per heavy atom. The normalized spacial score (nSPS) is 13.9. The quantitative estimate of drug-likeness (QED) is 0.450. The van der Waals surface area contributed by atoms with Crippen LogP contribution in [0.3, 0.4) is 0 Å². The lowest BCUT2D eigenvalue weighted by Gasteiger charge is -2.13. The second-order valence-corrected chi connectivity index (χ2v) is 2.24. The van der Waals surface area contributed by atoms with Gasteiger partial charge in [0.1, 0.15) is 6.10 Å². The summed E-state index contributed by atoms with van der Waals surface area (Å²) in [4.78, 5) is 4.42. The third kappa shape index (κ3) is 7.70. The number of hydrogen-bond acceptors (Lipinski definition) is 5. The predicted molar refractivity (Wildman–Crippen MR) is 37.1 cm³/mol. The van der Waals surface area contributed by atoms with Gasteiger partial charge in [0.2, 0.25) is 0 Å². The molecule has 11 heavy (non-hydrogen) atoms. The van der Waals surface area contributed by atoms with Crippen molar-refractivity contribution in [1.29, 1.82) is 0 Å². The van der Waals surface area contributed by atoms with Crippen molar-refractivity contribution >= 4 is 0 Å². The van der Waals surface area contributed by atoms with Gasteiger partial charge < -0.3 is 4.74 Å². The van der Waals surface area contributed by atoms with Gasteiger partial charge in [-0.2, -0.15) is 0 Å². The zero-order valence-electron chi connectivity index (χ0n) is 6.86. The minimum Gasteiger partial charge on any atom is -0.379 e. The number of rotatable bonds is 6. The van der Waals surface area contributed by atoms with Gasteiger partial charge in [-0.05, 0) is 13.3 Å². The molecule has 0 aliphatic carbocycles. The van der Waals surface area contributed by atoms with Crippen molar-refractivity contribution in [3.63, 3.8) is 0 Å². The van der Waals surface area contributed by atoms with Crippen molar-refractivity contribution in [2.45, 2.75) is 26.4 Å². The van der Waals surface area contributed by atoms with Gasteiger partial charge in [-0.15, -0.1) is 0 Å². The first-order valence-electron chi connectivity index (χ1n) is 3.59. The van der Waals surface area contributed by atoms with Gasteiger partial charge in [-0.25, -0.2) is 4.84 Å². The second kappa shape index (κ2) is 6.51. The van der Waals surface area contributed by atoms with E-state index in [-0.39, 0.29) is 11.5 Å². The van der Waals surface area contributed by atoms with Gasteiger partial charge in [0.25, 0.3) is 0 Å². The van der Waals surface area contributed by atoms with Crippen LogP contribution in [0.15, 0.2) is 0 Å². The van der Waals surface area contributed by atoms with Crippen LogP contribution >= 0.6 is 0 Å². The van der Waals surface area contributed by atoms with E-state index in [2.05, 4.69) is 4.84 Å². The van der Waals surface area contributed by atoms with E-state index in [9.17, 15) is 0 Å². The van der Waals surface area contributed by atoms with Gasteiger partial charge in [-0.3, -0.25) is 10.4 Å². The fraction of sp³-hybridized carbons (Fsp3) is 1.00. The zero-order valence-corrected chi connectivity index (χ0v) is 6.86. The fourth-order valence-electron chi connectivity index (χ4n) is 0.585. The molecule has 0 saturated heterocycles. The van der Waals surface area contributed by atoms with Gasteiger partial charge in [-0.1, -0.05) is 6.92 Å². The summed E-state index contributed by atoms with van der Waals surface area (Å²) in [5.41, 5.74) is 0. The number of nitrogens with zero attached hydrogens (tertiary/aromatic N) is 1. The molecule has 0 bridgehead atoms. The highest BCUT2D eigenvalue weighted by molar-refractivity contribution is 4.42. The van der Waals surface area contributed by atoms with Crippen LogP contribution in [-0.4, -0.2) is 35.1 Å². The molecular formula is C6H15NO4. The van der Waals surface area contributed by atoms with Crippen molar-refractivity contribution in [2.24, 2.45) is 0 Å². The SMILES string of the molecule is CCCOCC(C)ON(O)O. The maximum absolute atomic E-state index is 8.19. The summed E-state index contributed by atoms with van der Waals surface area (Å²) in [6, 6.07) is 0. The van der Waals surface area contributed by atoms with Crippen LogP contribution in [-0.2, 0) is 9.57 Å². The standard InChI is InChI=1S/C6H15NO4/c1-3-4-10-5-6(2)11-7(8)9/h6,8-9H,3-5H2,1-2H3. The van der Waals surface area contributed by atoms with E-state index in [4.69, 9.17) is 15.2 Å². The van der Waals surface area contributed by atoms with Crippen LogP contribution in [0.4, 0.5) is 0 Å². The monoisotopic (exact) mass is 165 g/mol. The van der Waals surface area contributed by atoms with Crippen LogP contribution in [0.1, 0.15) is 20.3 Å². The van der Waals surface area contributed by atoms with E-state index < -0.39 is 0 Å². The van der Waals surface area contributed by atoms with Crippen LogP contribution < -0.4 is 0 Å². The molecule has 0 aromatic carbocycles. The highest BCUT2D eigenvalue weighted by Crippen LogP contribution is 1.93. The molecular weight excluding hydrogens is 150 g/mol. The molecule has 0 radical (unpaired) electrons. The Balaban J connectivity index is 3.15. The van der Waals surface area contributed by atoms with E-state index in [1.165, 1.54) is 0 Å². The largest absolute Gasteiger partial charge is 0.379 e. The molecule has 68 valence electrons. The predicted octanol–water partition coefficient (Wildman–Crippen LogP) is 0.813. The topological polar surface area (TPSA) is 62.2 Å². The second-order valence-electron chi connectivity index (χ2n) is 2.24. The highest BCUT2D eigenvalue weighted by Gasteiger charge is 2.05.